The maximum absolute atomic E-state index is 13.6. The van der Waals surface area contributed by atoms with Crippen molar-refractivity contribution >= 4 is 0 Å². The van der Waals surface area contributed by atoms with E-state index in [2.05, 4.69) is 15.0 Å². The third-order valence-corrected chi connectivity index (χ3v) is 3.07. The molecule has 0 spiro atoms. The number of hydrogen-bond donors (Lipinski definition) is 0. The topological polar surface area (TPSA) is 47.9 Å². The fourth-order valence-corrected chi connectivity index (χ4v) is 2.06. The molecule has 0 aliphatic heterocycles. The minimum Gasteiger partial charge on any atom is -0.484 e. The summed E-state index contributed by atoms with van der Waals surface area (Å²) in [6, 6.07) is 10.4. The standard InChI is InChI=1S/C17H13F2N3O/c1-11-8-13(10-23-16-6-5-12(18)9-14(16)19)22-17(21-11)15-4-2-3-7-20-15/h2-9H,10H2,1H3. The minimum absolute atomic E-state index is 0.0259. The number of aryl methyl sites for hydroxylation is 1. The molecule has 0 saturated heterocycles. The Kier molecular flexibility index (Phi) is 4.23. The van der Waals surface area contributed by atoms with E-state index in [0.29, 0.717) is 17.2 Å². The average molecular weight is 313 g/mol. The highest BCUT2D eigenvalue weighted by Gasteiger charge is 2.09. The Labute approximate surface area is 131 Å². The highest BCUT2D eigenvalue weighted by molar-refractivity contribution is 5.48. The maximum atomic E-state index is 13.6. The Hall–Kier alpha value is -2.89. The number of hydrogen-bond acceptors (Lipinski definition) is 4. The summed E-state index contributed by atoms with van der Waals surface area (Å²) in [5, 5.41) is 0. The summed E-state index contributed by atoms with van der Waals surface area (Å²) in [6.07, 6.45) is 1.66. The van der Waals surface area contributed by atoms with E-state index in [1.54, 1.807) is 24.4 Å². The molecule has 0 bridgehead atoms. The van der Waals surface area contributed by atoms with Crippen molar-refractivity contribution in [3.05, 3.63) is 71.7 Å². The van der Waals surface area contributed by atoms with Crippen LogP contribution in [0.25, 0.3) is 11.5 Å². The van der Waals surface area contributed by atoms with Gasteiger partial charge >= 0.3 is 0 Å². The zero-order valence-electron chi connectivity index (χ0n) is 12.3. The predicted octanol–water partition coefficient (Wildman–Crippen LogP) is 3.70. The Morgan fingerprint density at radius 3 is 2.65 bits per heavy atom. The van der Waals surface area contributed by atoms with Gasteiger partial charge in [-0.25, -0.2) is 18.7 Å². The molecule has 2 aromatic heterocycles. The largest absolute Gasteiger partial charge is 0.484 e. The molecule has 0 N–H and O–H groups in total. The van der Waals surface area contributed by atoms with Crippen molar-refractivity contribution < 1.29 is 13.5 Å². The van der Waals surface area contributed by atoms with Crippen LogP contribution in [0.3, 0.4) is 0 Å². The second-order valence-electron chi connectivity index (χ2n) is 4.90. The highest BCUT2D eigenvalue weighted by atomic mass is 19.1. The molecule has 0 unspecified atom stereocenters. The summed E-state index contributed by atoms with van der Waals surface area (Å²) >= 11 is 0. The molecule has 2 heterocycles. The summed E-state index contributed by atoms with van der Waals surface area (Å²) in [4.78, 5) is 12.9. The zero-order chi connectivity index (χ0) is 16.2. The molecule has 6 heteroatoms. The third kappa shape index (κ3) is 3.66. The van der Waals surface area contributed by atoms with E-state index in [-0.39, 0.29) is 12.4 Å². The van der Waals surface area contributed by atoms with Gasteiger partial charge in [0.15, 0.2) is 17.4 Å². The van der Waals surface area contributed by atoms with Crippen molar-refractivity contribution in [1.82, 2.24) is 15.0 Å². The fraction of sp³-hybridized carbons (Fsp3) is 0.118. The maximum Gasteiger partial charge on any atom is 0.178 e. The van der Waals surface area contributed by atoms with E-state index in [0.717, 1.165) is 17.8 Å². The van der Waals surface area contributed by atoms with Gasteiger partial charge in [0.05, 0.1) is 5.69 Å². The van der Waals surface area contributed by atoms with Gasteiger partial charge in [0.25, 0.3) is 0 Å². The van der Waals surface area contributed by atoms with Crippen molar-refractivity contribution in [1.29, 1.82) is 0 Å². The average Bonchev–Trinajstić information content (AvgIpc) is 2.54. The first kappa shape index (κ1) is 15.0. The van der Waals surface area contributed by atoms with Gasteiger partial charge in [-0.05, 0) is 37.3 Å². The van der Waals surface area contributed by atoms with Crippen molar-refractivity contribution in [3.8, 4) is 17.3 Å². The molecule has 116 valence electrons. The van der Waals surface area contributed by atoms with E-state index < -0.39 is 11.6 Å². The first-order chi connectivity index (χ1) is 11.1. The Morgan fingerprint density at radius 2 is 1.91 bits per heavy atom. The van der Waals surface area contributed by atoms with Gasteiger partial charge in [0, 0.05) is 18.0 Å². The number of benzene rings is 1. The zero-order valence-corrected chi connectivity index (χ0v) is 12.3. The van der Waals surface area contributed by atoms with Crippen LogP contribution >= 0.6 is 0 Å². The van der Waals surface area contributed by atoms with Crippen LogP contribution < -0.4 is 4.74 Å². The predicted molar refractivity (Wildman–Crippen MR) is 80.7 cm³/mol. The first-order valence-corrected chi connectivity index (χ1v) is 6.95. The Balaban J connectivity index is 1.82. The number of ether oxygens (including phenoxy) is 1. The molecule has 0 atom stereocenters. The first-order valence-electron chi connectivity index (χ1n) is 6.95. The molecule has 23 heavy (non-hydrogen) atoms. The molecule has 4 nitrogen and oxygen atoms in total. The van der Waals surface area contributed by atoms with E-state index in [1.165, 1.54) is 6.07 Å². The molecule has 0 radical (unpaired) electrons. The molecule has 3 aromatic rings. The highest BCUT2D eigenvalue weighted by Crippen LogP contribution is 2.19. The van der Waals surface area contributed by atoms with Gasteiger partial charge in [0.2, 0.25) is 0 Å². The van der Waals surface area contributed by atoms with Gasteiger partial charge in [0.1, 0.15) is 18.1 Å². The molecule has 0 saturated carbocycles. The normalized spacial score (nSPS) is 10.6. The summed E-state index contributed by atoms with van der Waals surface area (Å²) in [7, 11) is 0. The lowest BCUT2D eigenvalue weighted by molar-refractivity contribution is 0.285. The minimum atomic E-state index is -0.749. The lowest BCUT2D eigenvalue weighted by Crippen LogP contribution is -2.04. The lowest BCUT2D eigenvalue weighted by Gasteiger charge is -2.09. The summed E-state index contributed by atoms with van der Waals surface area (Å²) in [5.41, 5.74) is 1.98. The second-order valence-corrected chi connectivity index (χ2v) is 4.90. The van der Waals surface area contributed by atoms with Gasteiger partial charge < -0.3 is 4.74 Å². The number of rotatable bonds is 4. The number of halogens is 2. The Bertz CT molecular complexity index is 825. The summed E-state index contributed by atoms with van der Waals surface area (Å²) < 4.78 is 31.8. The molecular formula is C17H13F2N3O. The smallest absolute Gasteiger partial charge is 0.178 e. The quantitative estimate of drug-likeness (QED) is 0.737. The van der Waals surface area contributed by atoms with Gasteiger partial charge in [-0.2, -0.15) is 0 Å². The monoisotopic (exact) mass is 313 g/mol. The van der Waals surface area contributed by atoms with E-state index in [9.17, 15) is 8.78 Å². The third-order valence-electron chi connectivity index (χ3n) is 3.07. The number of nitrogens with zero attached hydrogens (tertiary/aromatic N) is 3. The number of aromatic nitrogens is 3. The van der Waals surface area contributed by atoms with Crippen molar-refractivity contribution in [3.63, 3.8) is 0 Å². The summed E-state index contributed by atoms with van der Waals surface area (Å²) in [6.45, 7) is 1.88. The molecule has 0 fully saturated rings. The van der Waals surface area contributed by atoms with Crippen LogP contribution in [0.15, 0.2) is 48.7 Å². The van der Waals surface area contributed by atoms with Crippen LogP contribution in [0.2, 0.25) is 0 Å². The van der Waals surface area contributed by atoms with Crippen LogP contribution in [0.4, 0.5) is 8.78 Å². The van der Waals surface area contributed by atoms with E-state index >= 15 is 0 Å². The van der Waals surface area contributed by atoms with E-state index in [4.69, 9.17) is 4.74 Å². The van der Waals surface area contributed by atoms with Crippen molar-refractivity contribution in [2.75, 3.05) is 0 Å². The van der Waals surface area contributed by atoms with Crippen LogP contribution in [0.5, 0.6) is 5.75 Å². The van der Waals surface area contributed by atoms with E-state index in [1.807, 2.05) is 13.0 Å². The lowest BCUT2D eigenvalue weighted by atomic mass is 10.3. The summed E-state index contributed by atoms with van der Waals surface area (Å²) in [5.74, 6) is -0.947. The van der Waals surface area contributed by atoms with Crippen LogP contribution in [-0.4, -0.2) is 15.0 Å². The molecule has 3 rings (SSSR count). The molecular weight excluding hydrogens is 300 g/mol. The Morgan fingerprint density at radius 1 is 1.04 bits per heavy atom. The van der Waals surface area contributed by atoms with Gasteiger partial charge in [-0.3, -0.25) is 4.98 Å². The molecule has 0 aliphatic carbocycles. The van der Waals surface area contributed by atoms with Crippen LogP contribution in [0, 0.1) is 18.6 Å². The molecule has 1 aromatic carbocycles. The second kappa shape index (κ2) is 6.48. The molecule has 0 amide bonds. The van der Waals surface area contributed by atoms with Crippen molar-refractivity contribution in [2.45, 2.75) is 13.5 Å². The van der Waals surface area contributed by atoms with Crippen LogP contribution in [-0.2, 0) is 6.61 Å². The number of pyridine rings is 1. The fourth-order valence-electron chi connectivity index (χ4n) is 2.06. The molecule has 0 aliphatic rings. The SMILES string of the molecule is Cc1cc(COc2ccc(F)cc2F)nc(-c2ccccn2)n1. The van der Waals surface area contributed by atoms with Gasteiger partial charge in [-0.1, -0.05) is 6.07 Å². The van der Waals surface area contributed by atoms with Crippen molar-refractivity contribution in [2.24, 2.45) is 0 Å². The van der Waals surface area contributed by atoms with Crippen LogP contribution in [0.1, 0.15) is 11.4 Å². The van der Waals surface area contributed by atoms with Gasteiger partial charge in [-0.15, -0.1) is 0 Å².